The first-order valence-corrected chi connectivity index (χ1v) is 10.2. The summed E-state index contributed by atoms with van der Waals surface area (Å²) >= 11 is 5.76. The van der Waals surface area contributed by atoms with E-state index in [1.54, 1.807) is 25.2 Å². The van der Waals surface area contributed by atoms with E-state index in [0.29, 0.717) is 5.56 Å². The Morgan fingerprint density at radius 2 is 1.68 bits per heavy atom. The summed E-state index contributed by atoms with van der Waals surface area (Å²) in [6, 6.07) is 9.49. The maximum absolute atomic E-state index is 14.5. The fourth-order valence-electron chi connectivity index (χ4n) is 3.73. The molecule has 1 aromatic heterocycles. The Labute approximate surface area is 194 Å². The molecule has 1 aliphatic heterocycles. The van der Waals surface area contributed by atoms with E-state index < -0.39 is 46.2 Å². The van der Waals surface area contributed by atoms with Crippen LogP contribution >= 0.6 is 11.6 Å². The SMILES string of the molecule is Cc1ccc(-n2c3c(c(=O)[nH]c2=O)[C@](NC(=O)c2ccc(Cl)cc2)(C(F)(F)F)C(=O)N3)cc1C. The van der Waals surface area contributed by atoms with Crippen LogP contribution in [0.3, 0.4) is 0 Å². The third kappa shape index (κ3) is 3.48. The van der Waals surface area contributed by atoms with Gasteiger partial charge in [0.2, 0.25) is 0 Å². The van der Waals surface area contributed by atoms with Crippen molar-refractivity contribution in [1.82, 2.24) is 14.9 Å². The predicted octanol–water partition coefficient (Wildman–Crippen LogP) is 2.94. The molecule has 0 saturated carbocycles. The highest BCUT2D eigenvalue weighted by molar-refractivity contribution is 6.30. The van der Waals surface area contributed by atoms with Crippen molar-refractivity contribution in [2.75, 3.05) is 5.32 Å². The first kappa shape index (κ1) is 23.3. The van der Waals surface area contributed by atoms with Crippen LogP contribution in [0, 0.1) is 13.8 Å². The van der Waals surface area contributed by atoms with E-state index in [9.17, 15) is 32.3 Å². The number of carbonyl (C=O) groups is 2. The van der Waals surface area contributed by atoms with E-state index in [2.05, 4.69) is 0 Å². The third-order valence-electron chi connectivity index (χ3n) is 5.64. The van der Waals surface area contributed by atoms with Gasteiger partial charge in [0.05, 0.1) is 5.69 Å². The molecule has 0 aliphatic carbocycles. The number of anilines is 1. The van der Waals surface area contributed by atoms with Gasteiger partial charge in [-0.2, -0.15) is 13.2 Å². The van der Waals surface area contributed by atoms with Crippen LogP contribution in [0.15, 0.2) is 52.1 Å². The Morgan fingerprint density at radius 1 is 1.03 bits per heavy atom. The number of hydrogen-bond donors (Lipinski definition) is 3. The van der Waals surface area contributed by atoms with Gasteiger partial charge in [0.15, 0.2) is 0 Å². The summed E-state index contributed by atoms with van der Waals surface area (Å²) < 4.78 is 44.2. The number of aromatic amines is 1. The Bertz CT molecular complexity index is 1460. The molecular weight excluding hydrogens is 477 g/mol. The molecule has 4 rings (SSSR count). The van der Waals surface area contributed by atoms with Crippen molar-refractivity contribution in [2.45, 2.75) is 25.6 Å². The molecule has 0 fully saturated rings. The van der Waals surface area contributed by atoms with Crippen molar-refractivity contribution in [3.8, 4) is 5.69 Å². The largest absolute Gasteiger partial charge is 0.425 e. The van der Waals surface area contributed by atoms with Crippen molar-refractivity contribution >= 4 is 29.2 Å². The van der Waals surface area contributed by atoms with Gasteiger partial charge >= 0.3 is 11.9 Å². The van der Waals surface area contributed by atoms with Gasteiger partial charge in [0.1, 0.15) is 11.4 Å². The van der Waals surface area contributed by atoms with E-state index in [1.165, 1.54) is 24.3 Å². The highest BCUT2D eigenvalue weighted by Gasteiger charge is 2.68. The van der Waals surface area contributed by atoms with Gasteiger partial charge in [-0.05, 0) is 61.4 Å². The second kappa shape index (κ2) is 7.87. The molecular formula is C22H16ClF3N4O4. The lowest BCUT2D eigenvalue weighted by Gasteiger charge is -2.30. The number of rotatable bonds is 3. The minimum atomic E-state index is -5.44. The zero-order valence-electron chi connectivity index (χ0n) is 17.6. The zero-order valence-corrected chi connectivity index (χ0v) is 18.4. The van der Waals surface area contributed by atoms with Crippen LogP contribution < -0.4 is 21.9 Å². The molecule has 3 N–H and O–H groups in total. The van der Waals surface area contributed by atoms with E-state index >= 15 is 0 Å². The number of fused-ring (bicyclic) bond motifs is 1. The van der Waals surface area contributed by atoms with Crippen molar-refractivity contribution in [3.63, 3.8) is 0 Å². The van der Waals surface area contributed by atoms with Gasteiger partial charge in [-0.3, -0.25) is 19.4 Å². The summed E-state index contributed by atoms with van der Waals surface area (Å²) in [7, 11) is 0. The monoisotopic (exact) mass is 492 g/mol. The van der Waals surface area contributed by atoms with E-state index in [-0.39, 0.29) is 16.3 Å². The van der Waals surface area contributed by atoms with Crippen LogP contribution in [0.4, 0.5) is 19.0 Å². The zero-order chi connectivity index (χ0) is 25.0. The molecule has 2 heterocycles. The number of aryl methyl sites for hydroxylation is 2. The van der Waals surface area contributed by atoms with Gasteiger partial charge in [0.25, 0.3) is 22.9 Å². The lowest BCUT2D eigenvalue weighted by atomic mass is 9.91. The number of hydrogen-bond acceptors (Lipinski definition) is 4. The van der Waals surface area contributed by atoms with Crippen LogP contribution in [0.5, 0.6) is 0 Å². The Morgan fingerprint density at radius 3 is 2.26 bits per heavy atom. The van der Waals surface area contributed by atoms with Crippen LogP contribution in [-0.2, 0) is 10.3 Å². The Hall–Kier alpha value is -3.86. The molecule has 0 radical (unpaired) electrons. The molecule has 2 amide bonds. The van der Waals surface area contributed by atoms with Gasteiger partial charge in [-0.1, -0.05) is 17.7 Å². The average Bonchev–Trinajstić information content (AvgIpc) is 3.04. The number of amides is 2. The minimum Gasteiger partial charge on any atom is -0.326 e. The summed E-state index contributed by atoms with van der Waals surface area (Å²) in [6.07, 6.45) is -5.44. The second-order valence-electron chi connectivity index (χ2n) is 7.75. The molecule has 12 heteroatoms. The standard InChI is InChI=1S/C22H16ClF3N4O4/c1-10-3-8-14(9-11(10)2)30-16-15(18(32)28-20(30)34)21(19(33)27-16,22(24,25)26)29-17(31)12-4-6-13(23)7-5-12/h3-9H,1-2H3,(H,27,33)(H,29,31)(H,28,32,34)/t21-/m1/s1. The maximum atomic E-state index is 14.5. The molecule has 176 valence electrons. The number of aromatic nitrogens is 2. The average molecular weight is 493 g/mol. The van der Waals surface area contributed by atoms with Gasteiger partial charge in [-0.25, -0.2) is 9.36 Å². The molecule has 0 spiro atoms. The van der Waals surface area contributed by atoms with E-state index in [1.807, 2.05) is 10.3 Å². The summed E-state index contributed by atoms with van der Waals surface area (Å²) in [5, 5.41) is 3.91. The number of carbonyl (C=O) groups excluding carboxylic acids is 2. The highest BCUT2D eigenvalue weighted by Crippen LogP contribution is 2.45. The van der Waals surface area contributed by atoms with Crippen molar-refractivity contribution in [3.05, 3.63) is 90.6 Å². The van der Waals surface area contributed by atoms with Gasteiger partial charge in [-0.15, -0.1) is 0 Å². The first-order valence-electron chi connectivity index (χ1n) is 9.80. The number of nitrogens with zero attached hydrogens (tertiary/aromatic N) is 1. The molecule has 3 aromatic rings. The summed E-state index contributed by atoms with van der Waals surface area (Å²) in [4.78, 5) is 52.7. The molecule has 2 aromatic carbocycles. The fourth-order valence-corrected chi connectivity index (χ4v) is 3.86. The second-order valence-corrected chi connectivity index (χ2v) is 8.19. The van der Waals surface area contributed by atoms with Crippen molar-refractivity contribution in [1.29, 1.82) is 0 Å². The topological polar surface area (TPSA) is 113 Å². The fraction of sp³-hybridized carbons (Fsp3) is 0.182. The molecule has 1 atom stereocenters. The maximum Gasteiger partial charge on any atom is 0.425 e. The number of benzene rings is 2. The summed E-state index contributed by atoms with van der Waals surface area (Å²) in [6.45, 7) is 3.52. The number of halogens is 4. The van der Waals surface area contributed by atoms with Crippen LogP contribution in [0.1, 0.15) is 27.0 Å². The number of nitrogens with one attached hydrogen (secondary N) is 3. The molecule has 0 bridgehead atoms. The van der Waals surface area contributed by atoms with Crippen LogP contribution in [0.25, 0.3) is 5.69 Å². The smallest absolute Gasteiger partial charge is 0.326 e. The Kier molecular flexibility index (Phi) is 5.40. The highest BCUT2D eigenvalue weighted by atomic mass is 35.5. The molecule has 0 saturated heterocycles. The van der Waals surface area contributed by atoms with Gasteiger partial charge < -0.3 is 10.6 Å². The molecule has 34 heavy (non-hydrogen) atoms. The van der Waals surface area contributed by atoms with Crippen molar-refractivity contribution < 1.29 is 22.8 Å². The Balaban J connectivity index is 1.97. The lowest BCUT2D eigenvalue weighted by molar-refractivity contribution is -0.196. The quantitative estimate of drug-likeness (QED) is 0.521. The van der Waals surface area contributed by atoms with E-state index in [0.717, 1.165) is 22.3 Å². The third-order valence-corrected chi connectivity index (χ3v) is 5.89. The number of H-pyrrole nitrogens is 1. The molecule has 0 unspecified atom stereocenters. The van der Waals surface area contributed by atoms with Gasteiger partial charge in [0, 0.05) is 10.6 Å². The van der Waals surface area contributed by atoms with E-state index in [4.69, 9.17) is 11.6 Å². The molecule has 8 nitrogen and oxygen atoms in total. The lowest BCUT2D eigenvalue weighted by Crippen LogP contribution is -2.62. The summed E-state index contributed by atoms with van der Waals surface area (Å²) in [5.74, 6) is -3.69. The van der Waals surface area contributed by atoms with Crippen LogP contribution in [0.2, 0.25) is 5.02 Å². The summed E-state index contributed by atoms with van der Waals surface area (Å²) in [5.41, 5.74) is -5.97. The van der Waals surface area contributed by atoms with Crippen molar-refractivity contribution in [2.24, 2.45) is 0 Å². The number of alkyl halides is 3. The normalized spacial score (nSPS) is 17.3. The van der Waals surface area contributed by atoms with Crippen LogP contribution in [-0.4, -0.2) is 27.5 Å². The minimum absolute atomic E-state index is 0.114. The predicted molar refractivity (Wildman–Crippen MR) is 117 cm³/mol. The molecule has 1 aliphatic rings. The first-order chi connectivity index (χ1) is 15.9.